The molecule has 0 bridgehead atoms. The molecule has 1 fully saturated rings. The van der Waals surface area contributed by atoms with Crippen molar-refractivity contribution in [2.45, 2.75) is 23.5 Å². The van der Waals surface area contributed by atoms with Crippen LogP contribution in [0.2, 0.25) is 0 Å². The van der Waals surface area contributed by atoms with Crippen LogP contribution in [0, 0.1) is 5.82 Å². The first-order chi connectivity index (χ1) is 14.3. The lowest BCUT2D eigenvalue weighted by Crippen LogP contribution is -2.35. The van der Waals surface area contributed by atoms with E-state index in [9.17, 15) is 22.4 Å². The van der Waals surface area contributed by atoms with Crippen molar-refractivity contribution in [3.05, 3.63) is 46.6 Å². The Balaban J connectivity index is 1.65. The molecule has 0 unspecified atom stereocenters. The van der Waals surface area contributed by atoms with E-state index in [1.165, 1.54) is 22.5 Å². The molecule has 0 radical (unpaired) electrons. The largest absolute Gasteiger partial charge is 0.366 e. The van der Waals surface area contributed by atoms with Crippen molar-refractivity contribution in [2.75, 3.05) is 18.4 Å². The van der Waals surface area contributed by atoms with E-state index in [-0.39, 0.29) is 19.7 Å². The molecule has 3 heterocycles. The number of halogens is 1. The smallest absolute Gasteiger partial charge is 0.266 e. The molecular weight excluding hydrogens is 449 g/mol. The highest BCUT2D eigenvalue weighted by molar-refractivity contribution is 7.91. The zero-order valence-electron chi connectivity index (χ0n) is 15.7. The molecule has 30 heavy (non-hydrogen) atoms. The van der Waals surface area contributed by atoms with E-state index < -0.39 is 27.7 Å². The number of amides is 2. The predicted octanol–water partition coefficient (Wildman–Crippen LogP) is 3.63. The molecule has 2 aromatic heterocycles. The number of nitrogens with one attached hydrogen (secondary N) is 1. The fourth-order valence-corrected chi connectivity index (χ4v) is 7.32. The Morgan fingerprint density at radius 1 is 1.10 bits per heavy atom. The van der Waals surface area contributed by atoms with E-state index in [4.69, 9.17) is 5.73 Å². The lowest BCUT2D eigenvalue weighted by Gasteiger charge is -2.25. The van der Waals surface area contributed by atoms with Gasteiger partial charge in [0, 0.05) is 23.2 Å². The van der Waals surface area contributed by atoms with Gasteiger partial charge >= 0.3 is 0 Å². The first-order valence-corrected chi connectivity index (χ1v) is 12.3. The minimum atomic E-state index is -3.78. The van der Waals surface area contributed by atoms with Crippen molar-refractivity contribution in [3.8, 4) is 0 Å². The second-order valence-corrected chi connectivity index (χ2v) is 11.2. The maximum absolute atomic E-state index is 13.9. The van der Waals surface area contributed by atoms with Gasteiger partial charge in [0.1, 0.15) is 15.0 Å². The number of thiophene rings is 2. The Bertz CT molecular complexity index is 1240. The van der Waals surface area contributed by atoms with Crippen LogP contribution in [0.3, 0.4) is 0 Å². The molecular formula is C19H18FN3O4S3. The van der Waals surface area contributed by atoms with Gasteiger partial charge in [-0.15, -0.1) is 22.7 Å². The lowest BCUT2D eigenvalue weighted by molar-refractivity contribution is 0.100. The van der Waals surface area contributed by atoms with Crippen molar-refractivity contribution in [3.63, 3.8) is 0 Å². The third kappa shape index (κ3) is 3.85. The number of piperidine rings is 1. The number of primary amides is 1. The number of nitrogens with two attached hydrogens (primary N) is 1. The van der Waals surface area contributed by atoms with Crippen LogP contribution in [0.25, 0.3) is 10.1 Å². The summed E-state index contributed by atoms with van der Waals surface area (Å²) in [5.74, 6) is -1.85. The molecule has 0 saturated carbocycles. The van der Waals surface area contributed by atoms with Crippen LogP contribution >= 0.6 is 22.7 Å². The number of anilines is 1. The van der Waals surface area contributed by atoms with Crippen LogP contribution in [-0.4, -0.2) is 37.6 Å². The molecule has 0 atom stereocenters. The topological polar surface area (TPSA) is 110 Å². The third-order valence-corrected chi connectivity index (χ3v) is 9.34. The molecule has 1 aromatic carbocycles. The number of carbonyl (C=O) groups excluding carboxylic acids is 2. The first-order valence-electron chi connectivity index (χ1n) is 9.20. The second kappa shape index (κ2) is 8.06. The third-order valence-electron chi connectivity index (χ3n) is 4.84. The van der Waals surface area contributed by atoms with Gasteiger partial charge in [-0.25, -0.2) is 12.8 Å². The molecule has 11 heteroatoms. The van der Waals surface area contributed by atoms with Crippen LogP contribution < -0.4 is 11.1 Å². The van der Waals surface area contributed by atoms with Crippen LogP contribution in [0.5, 0.6) is 0 Å². The van der Waals surface area contributed by atoms with Crippen LogP contribution in [0.4, 0.5) is 9.39 Å². The number of benzene rings is 1. The quantitative estimate of drug-likeness (QED) is 0.597. The minimum Gasteiger partial charge on any atom is -0.366 e. The van der Waals surface area contributed by atoms with Crippen LogP contribution in [0.1, 0.15) is 39.3 Å². The van der Waals surface area contributed by atoms with E-state index in [0.717, 1.165) is 41.9 Å². The van der Waals surface area contributed by atoms with Gasteiger partial charge in [-0.05, 0) is 37.1 Å². The highest BCUT2D eigenvalue weighted by Gasteiger charge is 2.30. The molecule has 0 aliphatic carbocycles. The molecule has 2 amide bonds. The molecule has 7 nitrogen and oxygen atoms in total. The summed E-state index contributed by atoms with van der Waals surface area (Å²) in [5, 5.41) is 2.95. The maximum Gasteiger partial charge on any atom is 0.266 e. The van der Waals surface area contributed by atoms with Crippen molar-refractivity contribution in [1.82, 2.24) is 4.31 Å². The Kier molecular flexibility index (Phi) is 5.62. The summed E-state index contributed by atoms with van der Waals surface area (Å²) < 4.78 is 41.7. The Labute approximate surface area is 180 Å². The fourth-order valence-electron chi connectivity index (χ4n) is 3.31. The molecule has 3 aromatic rings. The summed E-state index contributed by atoms with van der Waals surface area (Å²) in [5.41, 5.74) is 5.33. The fraction of sp³-hybridized carbons (Fsp3) is 0.263. The van der Waals surface area contributed by atoms with Gasteiger partial charge in [0.25, 0.3) is 21.8 Å². The molecule has 0 spiro atoms. The zero-order chi connectivity index (χ0) is 21.5. The summed E-state index contributed by atoms with van der Waals surface area (Å²) in [6.45, 7) is 0.836. The number of rotatable bonds is 5. The zero-order valence-corrected chi connectivity index (χ0v) is 18.1. The van der Waals surface area contributed by atoms with Crippen LogP contribution in [-0.2, 0) is 10.0 Å². The van der Waals surface area contributed by atoms with Gasteiger partial charge in [0.05, 0.1) is 10.4 Å². The summed E-state index contributed by atoms with van der Waals surface area (Å²) in [6.07, 6.45) is 2.53. The molecule has 1 saturated heterocycles. The van der Waals surface area contributed by atoms with E-state index in [1.54, 1.807) is 12.1 Å². The number of nitrogens with zero attached hydrogens (tertiary/aromatic N) is 1. The van der Waals surface area contributed by atoms with Crippen molar-refractivity contribution in [2.24, 2.45) is 5.73 Å². The van der Waals surface area contributed by atoms with Gasteiger partial charge < -0.3 is 11.1 Å². The summed E-state index contributed by atoms with van der Waals surface area (Å²) in [4.78, 5) is 24.8. The van der Waals surface area contributed by atoms with Gasteiger partial charge in [-0.2, -0.15) is 4.31 Å². The molecule has 1 aliphatic heterocycles. The number of hydrogen-bond donors (Lipinski definition) is 2. The Morgan fingerprint density at radius 3 is 2.50 bits per heavy atom. The van der Waals surface area contributed by atoms with E-state index >= 15 is 0 Å². The summed E-state index contributed by atoms with van der Waals surface area (Å²) in [6, 6.07) is 7.19. The van der Waals surface area contributed by atoms with Gasteiger partial charge in [0.2, 0.25) is 0 Å². The predicted molar refractivity (Wildman–Crippen MR) is 115 cm³/mol. The molecule has 4 rings (SSSR count). The van der Waals surface area contributed by atoms with Crippen LogP contribution in [0.15, 0.2) is 34.5 Å². The summed E-state index contributed by atoms with van der Waals surface area (Å²) >= 11 is 1.89. The number of carbonyl (C=O) groups is 2. The van der Waals surface area contributed by atoms with E-state index in [2.05, 4.69) is 5.32 Å². The number of sulfonamides is 1. The van der Waals surface area contributed by atoms with Gasteiger partial charge in [0.15, 0.2) is 0 Å². The standard InChI is InChI=1S/C19H18FN3O4S3/c20-13-5-4-6-14-11(13)9-15(28-14)18(25)22-19-12(17(21)24)10-16(29-19)30(26,27)23-7-2-1-3-8-23/h4-6,9-10H,1-3,7-8H2,(H2,21,24)(H,22,25). The van der Waals surface area contributed by atoms with Gasteiger partial charge in [-0.3, -0.25) is 9.59 Å². The second-order valence-electron chi connectivity index (χ2n) is 6.85. The normalized spacial score (nSPS) is 15.4. The summed E-state index contributed by atoms with van der Waals surface area (Å²) in [7, 11) is -3.78. The van der Waals surface area contributed by atoms with Crippen molar-refractivity contribution >= 4 is 59.6 Å². The average molecular weight is 468 g/mol. The molecule has 3 N–H and O–H groups in total. The lowest BCUT2D eigenvalue weighted by atomic mass is 10.2. The maximum atomic E-state index is 13.9. The first kappa shape index (κ1) is 20.9. The highest BCUT2D eigenvalue weighted by Crippen LogP contribution is 2.35. The monoisotopic (exact) mass is 467 g/mol. The Morgan fingerprint density at radius 2 is 1.83 bits per heavy atom. The SMILES string of the molecule is NC(=O)c1cc(S(=O)(=O)N2CCCCC2)sc1NC(=O)c1cc2c(F)cccc2s1. The number of fused-ring (bicyclic) bond motifs is 1. The van der Waals surface area contributed by atoms with Gasteiger partial charge in [-0.1, -0.05) is 12.5 Å². The Hall–Kier alpha value is -2.34. The minimum absolute atomic E-state index is 0.0455. The van der Waals surface area contributed by atoms with E-state index in [1.807, 2.05) is 0 Å². The van der Waals surface area contributed by atoms with E-state index in [0.29, 0.717) is 23.2 Å². The molecule has 1 aliphatic rings. The number of hydrogen-bond acceptors (Lipinski definition) is 6. The average Bonchev–Trinajstić information content (AvgIpc) is 3.34. The van der Waals surface area contributed by atoms with Crippen molar-refractivity contribution in [1.29, 1.82) is 0 Å². The molecule has 158 valence electrons. The van der Waals surface area contributed by atoms with Crippen molar-refractivity contribution < 1.29 is 22.4 Å². The highest BCUT2D eigenvalue weighted by atomic mass is 32.2.